The molecule has 2 N–H and O–H groups in total. The van der Waals surface area contributed by atoms with Gasteiger partial charge in [-0.15, -0.1) is 0 Å². The minimum absolute atomic E-state index is 0.100. The van der Waals surface area contributed by atoms with Crippen LogP contribution in [0, 0.1) is 0 Å². The second-order valence-corrected chi connectivity index (χ2v) is 3.18. The third-order valence-corrected chi connectivity index (χ3v) is 2.13. The molecule has 6 heteroatoms. The van der Waals surface area contributed by atoms with Gasteiger partial charge in [-0.3, -0.25) is 0 Å². The third kappa shape index (κ3) is 2.20. The lowest BCUT2D eigenvalue weighted by molar-refractivity contribution is 0.416. The lowest BCUT2D eigenvalue weighted by Gasteiger charge is -2.07. The Morgan fingerprint density at radius 2 is 2.00 bits per heavy atom. The first kappa shape index (κ1) is 11.0. The monoisotopic (exact) mass is 229 g/mol. The first-order valence-electron chi connectivity index (χ1n) is 4.86. The van der Waals surface area contributed by atoms with Crippen molar-refractivity contribution in [2.75, 3.05) is 12.8 Å². The number of aromatic nitrogens is 3. The average molecular weight is 229 g/mol. The number of nitrogens with zero attached hydrogens (tertiary/aromatic N) is 4. The summed E-state index contributed by atoms with van der Waals surface area (Å²) >= 11 is 0. The number of nitrogen functional groups attached to an aromatic ring is 1. The fraction of sp³-hybridized carbons (Fsp3) is 0.0909. The molecule has 0 radical (unpaired) electrons. The number of aliphatic imine (C=N–C) groups is 1. The fourth-order valence-electron chi connectivity index (χ4n) is 1.40. The Hall–Kier alpha value is -2.50. The number of methoxy groups -OCH3 is 1. The highest BCUT2D eigenvalue weighted by molar-refractivity contribution is 5.65. The summed E-state index contributed by atoms with van der Waals surface area (Å²) in [5, 5.41) is 0. The van der Waals surface area contributed by atoms with E-state index in [2.05, 4.69) is 26.7 Å². The molecular weight excluding hydrogens is 218 g/mol. The lowest BCUT2D eigenvalue weighted by Crippen LogP contribution is -2.00. The molecule has 0 aliphatic rings. The summed E-state index contributed by atoms with van der Waals surface area (Å²) in [6.07, 6.45) is 0. The zero-order valence-electron chi connectivity index (χ0n) is 9.29. The van der Waals surface area contributed by atoms with Gasteiger partial charge in [0.1, 0.15) is 5.75 Å². The van der Waals surface area contributed by atoms with Gasteiger partial charge < -0.3 is 10.5 Å². The van der Waals surface area contributed by atoms with Gasteiger partial charge in [-0.1, -0.05) is 12.1 Å². The third-order valence-electron chi connectivity index (χ3n) is 2.13. The molecule has 17 heavy (non-hydrogen) atoms. The van der Waals surface area contributed by atoms with Crippen LogP contribution in [0.1, 0.15) is 0 Å². The number of hydrogen-bond acceptors (Lipinski definition) is 6. The number of ether oxygens (including phenoxy) is 1. The Morgan fingerprint density at radius 1 is 1.24 bits per heavy atom. The lowest BCUT2D eigenvalue weighted by atomic mass is 10.2. The SMILES string of the molecule is C=Nc1nc(N)nc(-c2ccccc2OC)n1. The maximum absolute atomic E-state index is 5.57. The van der Waals surface area contributed by atoms with E-state index in [0.717, 1.165) is 5.56 Å². The van der Waals surface area contributed by atoms with Gasteiger partial charge in [0.25, 0.3) is 5.95 Å². The topological polar surface area (TPSA) is 86.3 Å². The zero-order valence-corrected chi connectivity index (χ0v) is 9.29. The predicted octanol–water partition coefficient (Wildman–Crippen LogP) is 1.46. The molecule has 0 atom stereocenters. The molecular formula is C11H11N5O. The minimum atomic E-state index is 0.100. The van der Waals surface area contributed by atoms with E-state index in [4.69, 9.17) is 10.5 Å². The van der Waals surface area contributed by atoms with Crippen molar-refractivity contribution in [3.05, 3.63) is 24.3 Å². The van der Waals surface area contributed by atoms with Crippen molar-refractivity contribution in [3.63, 3.8) is 0 Å². The van der Waals surface area contributed by atoms with E-state index >= 15 is 0 Å². The molecule has 0 aliphatic heterocycles. The van der Waals surface area contributed by atoms with Crippen LogP contribution in [0.2, 0.25) is 0 Å². The molecule has 1 aromatic carbocycles. The van der Waals surface area contributed by atoms with Gasteiger partial charge in [0.2, 0.25) is 5.95 Å². The van der Waals surface area contributed by atoms with Crippen LogP contribution >= 0.6 is 0 Å². The van der Waals surface area contributed by atoms with E-state index < -0.39 is 0 Å². The molecule has 0 bridgehead atoms. The fourth-order valence-corrected chi connectivity index (χ4v) is 1.40. The first-order chi connectivity index (χ1) is 8.24. The van der Waals surface area contributed by atoms with Gasteiger partial charge in [-0.25, -0.2) is 4.99 Å². The van der Waals surface area contributed by atoms with E-state index in [9.17, 15) is 0 Å². The summed E-state index contributed by atoms with van der Waals surface area (Å²) in [5.74, 6) is 1.37. The molecule has 0 aliphatic carbocycles. The van der Waals surface area contributed by atoms with E-state index in [1.807, 2.05) is 24.3 Å². The van der Waals surface area contributed by atoms with Gasteiger partial charge in [0, 0.05) is 0 Å². The Morgan fingerprint density at radius 3 is 2.71 bits per heavy atom. The zero-order chi connectivity index (χ0) is 12.3. The second kappa shape index (κ2) is 4.56. The number of para-hydroxylation sites is 1. The number of anilines is 1. The number of nitrogens with two attached hydrogens (primary N) is 1. The highest BCUT2D eigenvalue weighted by Crippen LogP contribution is 2.27. The first-order valence-corrected chi connectivity index (χ1v) is 4.86. The van der Waals surface area contributed by atoms with Crippen molar-refractivity contribution in [2.24, 2.45) is 4.99 Å². The number of benzene rings is 1. The molecule has 6 nitrogen and oxygen atoms in total. The van der Waals surface area contributed by atoms with E-state index in [1.165, 1.54) is 0 Å². The van der Waals surface area contributed by atoms with Crippen molar-refractivity contribution < 1.29 is 4.74 Å². The predicted molar refractivity (Wildman–Crippen MR) is 65.4 cm³/mol. The Labute approximate surface area is 98.2 Å². The Kier molecular flexibility index (Phi) is 2.95. The van der Waals surface area contributed by atoms with Crippen molar-refractivity contribution in [2.45, 2.75) is 0 Å². The molecule has 1 aromatic heterocycles. The molecule has 0 unspecified atom stereocenters. The van der Waals surface area contributed by atoms with E-state index in [0.29, 0.717) is 11.6 Å². The molecule has 0 spiro atoms. The van der Waals surface area contributed by atoms with Crippen molar-refractivity contribution >= 4 is 18.6 Å². The summed E-state index contributed by atoms with van der Waals surface area (Å²) < 4.78 is 5.23. The van der Waals surface area contributed by atoms with E-state index in [-0.39, 0.29) is 11.9 Å². The van der Waals surface area contributed by atoms with Crippen LogP contribution in [0.5, 0.6) is 5.75 Å². The summed E-state index contributed by atoms with van der Waals surface area (Å²) in [7, 11) is 1.58. The highest BCUT2D eigenvalue weighted by Gasteiger charge is 2.10. The summed E-state index contributed by atoms with van der Waals surface area (Å²) in [6.45, 7) is 3.36. The van der Waals surface area contributed by atoms with Crippen LogP contribution < -0.4 is 10.5 Å². The van der Waals surface area contributed by atoms with Crippen LogP contribution in [0.25, 0.3) is 11.4 Å². The largest absolute Gasteiger partial charge is 0.496 e. The average Bonchev–Trinajstić information content (AvgIpc) is 2.37. The Bertz CT molecular complexity index is 555. The van der Waals surface area contributed by atoms with Gasteiger partial charge >= 0.3 is 0 Å². The van der Waals surface area contributed by atoms with Gasteiger partial charge in [-0.2, -0.15) is 15.0 Å². The molecule has 0 saturated carbocycles. The second-order valence-electron chi connectivity index (χ2n) is 3.18. The van der Waals surface area contributed by atoms with Crippen LogP contribution in [0.15, 0.2) is 29.3 Å². The Balaban J connectivity index is 2.59. The van der Waals surface area contributed by atoms with Gasteiger partial charge in [0.05, 0.1) is 12.7 Å². The molecule has 2 rings (SSSR count). The quantitative estimate of drug-likeness (QED) is 0.805. The number of hydrogen-bond donors (Lipinski definition) is 1. The molecule has 86 valence electrons. The molecule has 1 heterocycles. The normalized spacial score (nSPS) is 9.94. The minimum Gasteiger partial charge on any atom is -0.496 e. The summed E-state index contributed by atoms with van der Waals surface area (Å²) in [4.78, 5) is 15.6. The van der Waals surface area contributed by atoms with Crippen molar-refractivity contribution in [3.8, 4) is 17.1 Å². The van der Waals surface area contributed by atoms with Crippen LogP contribution in [-0.2, 0) is 0 Å². The standard InChI is InChI=1S/C11H11N5O/c1-13-11-15-9(14-10(12)16-11)7-5-3-4-6-8(7)17-2/h3-6H,1H2,2H3,(H2,12,14,15,16). The smallest absolute Gasteiger partial charge is 0.254 e. The van der Waals surface area contributed by atoms with Crippen LogP contribution in [0.4, 0.5) is 11.9 Å². The van der Waals surface area contributed by atoms with Crippen LogP contribution in [-0.4, -0.2) is 28.8 Å². The maximum atomic E-state index is 5.57. The maximum Gasteiger partial charge on any atom is 0.254 e. The molecule has 0 saturated heterocycles. The molecule has 0 fully saturated rings. The molecule has 0 amide bonds. The molecule has 2 aromatic rings. The van der Waals surface area contributed by atoms with Crippen molar-refractivity contribution in [1.29, 1.82) is 0 Å². The van der Waals surface area contributed by atoms with Crippen molar-refractivity contribution in [1.82, 2.24) is 15.0 Å². The van der Waals surface area contributed by atoms with Gasteiger partial charge in [0.15, 0.2) is 5.82 Å². The van der Waals surface area contributed by atoms with E-state index in [1.54, 1.807) is 7.11 Å². The summed E-state index contributed by atoms with van der Waals surface area (Å²) in [6, 6.07) is 7.37. The number of rotatable bonds is 3. The summed E-state index contributed by atoms with van der Waals surface area (Å²) in [5.41, 5.74) is 6.30. The highest BCUT2D eigenvalue weighted by atomic mass is 16.5. The van der Waals surface area contributed by atoms with Gasteiger partial charge in [-0.05, 0) is 18.9 Å². The van der Waals surface area contributed by atoms with Crippen LogP contribution in [0.3, 0.4) is 0 Å².